The Labute approximate surface area is 99.8 Å². The van der Waals surface area contributed by atoms with Crippen molar-refractivity contribution in [2.75, 3.05) is 0 Å². The Morgan fingerprint density at radius 2 is 1.65 bits per heavy atom. The topological polar surface area (TPSA) is 17.1 Å². The van der Waals surface area contributed by atoms with Crippen molar-refractivity contribution in [2.24, 2.45) is 5.92 Å². The summed E-state index contributed by atoms with van der Waals surface area (Å²) in [5, 5.41) is 0. The fourth-order valence-electron chi connectivity index (χ4n) is 2.41. The van der Waals surface area contributed by atoms with Crippen LogP contribution in [0.15, 0.2) is 18.2 Å². The van der Waals surface area contributed by atoms with Crippen LogP contribution in [0.1, 0.15) is 37.7 Å². The molecule has 1 aliphatic carbocycles. The number of carbonyl (C=O) groups is 1. The molecule has 1 nitrogen and oxygen atoms in total. The maximum absolute atomic E-state index is 13.0. The van der Waals surface area contributed by atoms with Crippen LogP contribution in [-0.2, 0) is 11.2 Å². The van der Waals surface area contributed by atoms with E-state index in [0.717, 1.165) is 25.3 Å². The summed E-state index contributed by atoms with van der Waals surface area (Å²) in [6, 6.07) is 3.66. The zero-order valence-corrected chi connectivity index (χ0v) is 9.72. The molecule has 0 heterocycles. The van der Waals surface area contributed by atoms with Gasteiger partial charge < -0.3 is 0 Å². The van der Waals surface area contributed by atoms with Crippen molar-refractivity contribution in [3.8, 4) is 0 Å². The van der Waals surface area contributed by atoms with Crippen molar-refractivity contribution in [3.05, 3.63) is 35.4 Å². The van der Waals surface area contributed by atoms with Crippen molar-refractivity contribution in [3.63, 3.8) is 0 Å². The Bertz CT molecular complexity index is 384. The predicted octanol–water partition coefficient (Wildman–Crippen LogP) is 3.66. The first-order chi connectivity index (χ1) is 8.13. The molecular weight excluding hydrogens is 222 g/mol. The standard InChI is InChI=1S/C14H16F2O/c15-12-7-11(8-13(16)9-12)2-1-10-3-5-14(17)6-4-10/h7-10H,1-6H2. The molecular formula is C14H16F2O. The molecule has 1 aromatic rings. The van der Waals surface area contributed by atoms with Gasteiger partial charge in [-0.3, -0.25) is 4.79 Å². The second-order valence-electron chi connectivity index (χ2n) is 4.80. The first-order valence-electron chi connectivity index (χ1n) is 6.10. The summed E-state index contributed by atoms with van der Waals surface area (Å²) in [6.45, 7) is 0. The summed E-state index contributed by atoms with van der Waals surface area (Å²) < 4.78 is 25.9. The van der Waals surface area contributed by atoms with Gasteiger partial charge in [-0.1, -0.05) is 0 Å². The highest BCUT2D eigenvalue weighted by atomic mass is 19.1. The highest BCUT2D eigenvalue weighted by molar-refractivity contribution is 5.78. The quantitative estimate of drug-likeness (QED) is 0.785. The van der Waals surface area contributed by atoms with Crippen LogP contribution in [0, 0.1) is 17.6 Å². The van der Waals surface area contributed by atoms with Gasteiger partial charge in [0.15, 0.2) is 0 Å². The van der Waals surface area contributed by atoms with Gasteiger partial charge in [-0.05, 0) is 49.3 Å². The van der Waals surface area contributed by atoms with E-state index in [0.29, 0.717) is 36.5 Å². The van der Waals surface area contributed by atoms with E-state index in [1.807, 2.05) is 0 Å². The van der Waals surface area contributed by atoms with Gasteiger partial charge in [0.1, 0.15) is 17.4 Å². The van der Waals surface area contributed by atoms with Crippen molar-refractivity contribution in [2.45, 2.75) is 38.5 Å². The van der Waals surface area contributed by atoms with Crippen LogP contribution >= 0.6 is 0 Å². The summed E-state index contributed by atoms with van der Waals surface area (Å²) in [5.74, 6) is -0.158. The molecule has 92 valence electrons. The molecule has 17 heavy (non-hydrogen) atoms. The Morgan fingerprint density at radius 3 is 2.24 bits per heavy atom. The lowest BCUT2D eigenvalue weighted by atomic mass is 9.84. The maximum Gasteiger partial charge on any atom is 0.132 e. The molecule has 0 amide bonds. The number of hydrogen-bond donors (Lipinski definition) is 0. The van der Waals surface area contributed by atoms with E-state index in [9.17, 15) is 13.6 Å². The van der Waals surface area contributed by atoms with E-state index < -0.39 is 11.6 Å². The molecule has 0 atom stereocenters. The Morgan fingerprint density at radius 1 is 1.06 bits per heavy atom. The number of carbonyl (C=O) groups excluding carboxylic acids is 1. The molecule has 0 radical (unpaired) electrons. The summed E-state index contributed by atoms with van der Waals surface area (Å²) in [6.07, 6.45) is 4.79. The van der Waals surface area contributed by atoms with Crippen LogP contribution in [0.5, 0.6) is 0 Å². The Hall–Kier alpha value is -1.25. The van der Waals surface area contributed by atoms with Crippen molar-refractivity contribution >= 4 is 5.78 Å². The molecule has 0 aliphatic heterocycles. The van der Waals surface area contributed by atoms with Crippen LogP contribution in [0.3, 0.4) is 0 Å². The molecule has 1 aliphatic rings. The zero-order valence-electron chi connectivity index (χ0n) is 9.72. The van der Waals surface area contributed by atoms with Gasteiger partial charge in [0.05, 0.1) is 0 Å². The van der Waals surface area contributed by atoms with Crippen LogP contribution in [0.4, 0.5) is 8.78 Å². The minimum absolute atomic E-state index is 0.345. The van der Waals surface area contributed by atoms with E-state index >= 15 is 0 Å². The molecule has 0 aromatic heterocycles. The van der Waals surface area contributed by atoms with Crippen molar-refractivity contribution in [1.82, 2.24) is 0 Å². The van der Waals surface area contributed by atoms with Gasteiger partial charge in [-0.15, -0.1) is 0 Å². The molecule has 0 saturated heterocycles. The lowest BCUT2D eigenvalue weighted by Gasteiger charge is -2.20. The van der Waals surface area contributed by atoms with Crippen molar-refractivity contribution < 1.29 is 13.6 Å². The number of ketones is 1. The van der Waals surface area contributed by atoms with Crippen LogP contribution < -0.4 is 0 Å². The summed E-state index contributed by atoms with van der Waals surface area (Å²) in [5.41, 5.74) is 0.708. The Balaban J connectivity index is 1.87. The van der Waals surface area contributed by atoms with Crippen molar-refractivity contribution in [1.29, 1.82) is 0 Å². The monoisotopic (exact) mass is 238 g/mol. The molecule has 0 bridgehead atoms. The van der Waals surface area contributed by atoms with Gasteiger partial charge in [0, 0.05) is 18.9 Å². The molecule has 1 aromatic carbocycles. The summed E-state index contributed by atoms with van der Waals surface area (Å²) >= 11 is 0. The normalized spacial score (nSPS) is 17.4. The third-order valence-corrected chi connectivity index (χ3v) is 3.43. The SMILES string of the molecule is O=C1CCC(CCc2cc(F)cc(F)c2)CC1. The summed E-state index contributed by atoms with van der Waals surface area (Å²) in [4.78, 5) is 11.1. The lowest BCUT2D eigenvalue weighted by Crippen LogP contribution is -2.14. The number of rotatable bonds is 3. The van der Waals surface area contributed by atoms with E-state index in [2.05, 4.69) is 0 Å². The molecule has 3 heteroatoms. The predicted molar refractivity (Wildman–Crippen MR) is 61.6 cm³/mol. The van der Waals surface area contributed by atoms with Crippen LogP contribution in [0.2, 0.25) is 0 Å². The van der Waals surface area contributed by atoms with E-state index in [1.165, 1.54) is 12.1 Å². The largest absolute Gasteiger partial charge is 0.300 e. The van der Waals surface area contributed by atoms with Gasteiger partial charge in [0.25, 0.3) is 0 Å². The lowest BCUT2D eigenvalue weighted by molar-refractivity contribution is -0.121. The first-order valence-corrected chi connectivity index (χ1v) is 6.10. The number of aryl methyl sites for hydroxylation is 1. The highest BCUT2D eigenvalue weighted by Gasteiger charge is 2.18. The smallest absolute Gasteiger partial charge is 0.132 e. The second kappa shape index (κ2) is 5.39. The molecule has 0 unspecified atom stereocenters. The molecule has 2 rings (SSSR count). The third-order valence-electron chi connectivity index (χ3n) is 3.43. The number of halogens is 2. The molecule has 1 fully saturated rings. The van der Waals surface area contributed by atoms with Crippen LogP contribution in [-0.4, -0.2) is 5.78 Å². The molecule has 1 saturated carbocycles. The Kier molecular flexibility index (Phi) is 3.87. The number of benzene rings is 1. The highest BCUT2D eigenvalue weighted by Crippen LogP contribution is 2.26. The first kappa shape index (κ1) is 12.2. The fraction of sp³-hybridized carbons (Fsp3) is 0.500. The van der Waals surface area contributed by atoms with Gasteiger partial charge in [0.2, 0.25) is 0 Å². The summed E-state index contributed by atoms with van der Waals surface area (Å²) in [7, 11) is 0. The van der Waals surface area contributed by atoms with Gasteiger partial charge >= 0.3 is 0 Å². The van der Waals surface area contributed by atoms with E-state index in [-0.39, 0.29) is 0 Å². The molecule has 0 spiro atoms. The van der Waals surface area contributed by atoms with Crippen LogP contribution in [0.25, 0.3) is 0 Å². The van der Waals surface area contributed by atoms with E-state index in [4.69, 9.17) is 0 Å². The minimum atomic E-state index is -0.515. The minimum Gasteiger partial charge on any atom is -0.300 e. The fourth-order valence-corrected chi connectivity index (χ4v) is 2.41. The average molecular weight is 238 g/mol. The number of hydrogen-bond acceptors (Lipinski definition) is 1. The molecule has 0 N–H and O–H groups in total. The maximum atomic E-state index is 13.0. The second-order valence-corrected chi connectivity index (χ2v) is 4.80. The third kappa shape index (κ3) is 3.62. The van der Waals surface area contributed by atoms with Gasteiger partial charge in [-0.25, -0.2) is 8.78 Å². The zero-order chi connectivity index (χ0) is 12.3. The number of Topliss-reactive ketones (excluding diaryl/α,β-unsaturated/α-hetero) is 1. The average Bonchev–Trinajstić information content (AvgIpc) is 2.27. The van der Waals surface area contributed by atoms with Gasteiger partial charge in [-0.2, -0.15) is 0 Å². The van der Waals surface area contributed by atoms with E-state index in [1.54, 1.807) is 0 Å².